The van der Waals surface area contributed by atoms with E-state index in [1.165, 1.54) is 7.11 Å². The number of benzene rings is 1. The molecule has 0 bridgehead atoms. The molecule has 1 aromatic carbocycles. The molecule has 0 saturated heterocycles. The molecule has 0 atom stereocenters. The standard InChI is InChI=1S/C14H17N3O2/c1-9(2)13-12(14(18)19-4)15-16-17(13)11-7-5-6-10(3)8-11/h5-9H,1-4H3. The average molecular weight is 259 g/mol. The summed E-state index contributed by atoms with van der Waals surface area (Å²) in [6.07, 6.45) is 0. The van der Waals surface area contributed by atoms with Gasteiger partial charge in [-0.3, -0.25) is 0 Å². The highest BCUT2D eigenvalue weighted by Gasteiger charge is 2.23. The fourth-order valence-corrected chi connectivity index (χ4v) is 2.00. The molecular weight excluding hydrogens is 242 g/mol. The third-order valence-corrected chi connectivity index (χ3v) is 2.88. The summed E-state index contributed by atoms with van der Waals surface area (Å²) >= 11 is 0. The van der Waals surface area contributed by atoms with Crippen LogP contribution in [0.2, 0.25) is 0 Å². The molecule has 0 fully saturated rings. The number of nitrogens with zero attached hydrogens (tertiary/aromatic N) is 3. The lowest BCUT2D eigenvalue weighted by Gasteiger charge is -2.10. The second kappa shape index (κ2) is 5.22. The highest BCUT2D eigenvalue weighted by molar-refractivity contribution is 5.88. The van der Waals surface area contributed by atoms with Gasteiger partial charge in [0.05, 0.1) is 18.5 Å². The Morgan fingerprint density at radius 1 is 1.37 bits per heavy atom. The van der Waals surface area contributed by atoms with Crippen LogP contribution in [0.3, 0.4) is 0 Å². The largest absolute Gasteiger partial charge is 0.464 e. The van der Waals surface area contributed by atoms with E-state index in [0.29, 0.717) is 0 Å². The van der Waals surface area contributed by atoms with E-state index in [-0.39, 0.29) is 11.6 Å². The molecule has 0 aliphatic heterocycles. The van der Waals surface area contributed by atoms with E-state index in [0.717, 1.165) is 16.9 Å². The number of rotatable bonds is 3. The van der Waals surface area contributed by atoms with Gasteiger partial charge in [-0.15, -0.1) is 5.10 Å². The van der Waals surface area contributed by atoms with Gasteiger partial charge in [0.2, 0.25) is 0 Å². The van der Waals surface area contributed by atoms with Gasteiger partial charge < -0.3 is 4.74 Å². The Labute approximate surface area is 112 Å². The molecule has 0 saturated carbocycles. The molecule has 100 valence electrons. The zero-order chi connectivity index (χ0) is 14.0. The average Bonchev–Trinajstić information content (AvgIpc) is 2.82. The minimum Gasteiger partial charge on any atom is -0.464 e. The third kappa shape index (κ3) is 2.50. The maximum Gasteiger partial charge on any atom is 0.360 e. The van der Waals surface area contributed by atoms with Crippen LogP contribution >= 0.6 is 0 Å². The molecule has 1 aromatic heterocycles. The zero-order valence-corrected chi connectivity index (χ0v) is 11.5. The first-order valence-corrected chi connectivity index (χ1v) is 6.15. The SMILES string of the molecule is COC(=O)c1nnn(-c2cccc(C)c2)c1C(C)C. The van der Waals surface area contributed by atoms with Gasteiger partial charge in [-0.1, -0.05) is 31.2 Å². The van der Waals surface area contributed by atoms with E-state index in [9.17, 15) is 4.79 Å². The summed E-state index contributed by atoms with van der Waals surface area (Å²) in [7, 11) is 1.35. The Balaban J connectivity index is 2.58. The first kappa shape index (κ1) is 13.3. The van der Waals surface area contributed by atoms with Crippen molar-refractivity contribution in [2.24, 2.45) is 0 Å². The van der Waals surface area contributed by atoms with Crippen molar-refractivity contribution >= 4 is 5.97 Å². The van der Waals surface area contributed by atoms with Crippen molar-refractivity contribution in [3.05, 3.63) is 41.2 Å². The Morgan fingerprint density at radius 3 is 2.68 bits per heavy atom. The van der Waals surface area contributed by atoms with Crippen molar-refractivity contribution < 1.29 is 9.53 Å². The molecular formula is C14H17N3O2. The van der Waals surface area contributed by atoms with E-state index < -0.39 is 5.97 Å². The number of ether oxygens (including phenoxy) is 1. The van der Waals surface area contributed by atoms with Gasteiger partial charge in [0.25, 0.3) is 0 Å². The van der Waals surface area contributed by atoms with E-state index in [1.807, 2.05) is 45.0 Å². The molecule has 2 rings (SSSR count). The number of aromatic nitrogens is 3. The number of hydrogen-bond acceptors (Lipinski definition) is 4. The van der Waals surface area contributed by atoms with E-state index >= 15 is 0 Å². The first-order chi connectivity index (χ1) is 9.04. The summed E-state index contributed by atoms with van der Waals surface area (Å²) in [6.45, 7) is 6.01. The summed E-state index contributed by atoms with van der Waals surface area (Å²) in [6, 6.07) is 7.90. The van der Waals surface area contributed by atoms with Gasteiger partial charge in [0.1, 0.15) is 0 Å². The first-order valence-electron chi connectivity index (χ1n) is 6.15. The Kier molecular flexibility index (Phi) is 3.64. The van der Waals surface area contributed by atoms with Crippen LogP contribution in [0, 0.1) is 6.92 Å². The van der Waals surface area contributed by atoms with Crippen LogP contribution in [0.5, 0.6) is 0 Å². The monoisotopic (exact) mass is 259 g/mol. The van der Waals surface area contributed by atoms with Gasteiger partial charge in [0.15, 0.2) is 5.69 Å². The normalized spacial score (nSPS) is 10.8. The van der Waals surface area contributed by atoms with Crippen LogP contribution in [0.15, 0.2) is 24.3 Å². The van der Waals surface area contributed by atoms with Crippen molar-refractivity contribution in [2.75, 3.05) is 7.11 Å². The van der Waals surface area contributed by atoms with Gasteiger partial charge in [-0.05, 0) is 30.5 Å². The lowest BCUT2D eigenvalue weighted by Crippen LogP contribution is -2.10. The van der Waals surface area contributed by atoms with Gasteiger partial charge in [0, 0.05) is 0 Å². The molecule has 0 unspecified atom stereocenters. The van der Waals surface area contributed by atoms with E-state index in [1.54, 1.807) is 4.68 Å². The topological polar surface area (TPSA) is 57.0 Å². The zero-order valence-electron chi connectivity index (χ0n) is 11.5. The highest BCUT2D eigenvalue weighted by Crippen LogP contribution is 2.22. The van der Waals surface area contributed by atoms with Crippen molar-refractivity contribution in [1.82, 2.24) is 15.0 Å². The minimum atomic E-state index is -0.456. The molecule has 2 aromatic rings. The Morgan fingerprint density at radius 2 is 2.11 bits per heavy atom. The highest BCUT2D eigenvalue weighted by atomic mass is 16.5. The van der Waals surface area contributed by atoms with Crippen LogP contribution in [0.25, 0.3) is 5.69 Å². The van der Waals surface area contributed by atoms with Crippen LogP contribution in [-0.2, 0) is 4.74 Å². The molecule has 1 heterocycles. The summed E-state index contributed by atoms with van der Waals surface area (Å²) < 4.78 is 6.44. The fraction of sp³-hybridized carbons (Fsp3) is 0.357. The summed E-state index contributed by atoms with van der Waals surface area (Å²) in [5.74, 6) is -0.341. The maximum atomic E-state index is 11.7. The van der Waals surface area contributed by atoms with E-state index in [2.05, 4.69) is 10.3 Å². The molecule has 0 aliphatic rings. The van der Waals surface area contributed by atoms with Crippen LogP contribution in [0.4, 0.5) is 0 Å². The summed E-state index contributed by atoms with van der Waals surface area (Å²) in [4.78, 5) is 11.7. The number of aryl methyl sites for hydroxylation is 1. The quantitative estimate of drug-likeness (QED) is 0.795. The molecule has 5 nitrogen and oxygen atoms in total. The number of carbonyl (C=O) groups excluding carboxylic acids is 1. The molecule has 0 aliphatic carbocycles. The second-order valence-corrected chi connectivity index (χ2v) is 4.72. The number of methoxy groups -OCH3 is 1. The van der Waals surface area contributed by atoms with Crippen molar-refractivity contribution in [1.29, 1.82) is 0 Å². The minimum absolute atomic E-state index is 0.115. The number of carbonyl (C=O) groups is 1. The summed E-state index contributed by atoms with van der Waals surface area (Å²) in [5.41, 5.74) is 3.06. The summed E-state index contributed by atoms with van der Waals surface area (Å²) in [5, 5.41) is 8.04. The molecule has 0 spiro atoms. The predicted molar refractivity (Wildman–Crippen MR) is 71.5 cm³/mol. The maximum absolute atomic E-state index is 11.7. The Bertz CT molecular complexity index is 602. The molecule has 0 N–H and O–H groups in total. The predicted octanol–water partition coefficient (Wildman–Crippen LogP) is 2.49. The number of hydrogen-bond donors (Lipinski definition) is 0. The van der Waals surface area contributed by atoms with Crippen molar-refractivity contribution in [2.45, 2.75) is 26.7 Å². The molecule has 19 heavy (non-hydrogen) atoms. The van der Waals surface area contributed by atoms with Gasteiger partial charge in [-0.2, -0.15) is 0 Å². The Hall–Kier alpha value is -2.17. The van der Waals surface area contributed by atoms with Gasteiger partial charge >= 0.3 is 5.97 Å². The van der Waals surface area contributed by atoms with Crippen LogP contribution in [-0.4, -0.2) is 28.1 Å². The lowest BCUT2D eigenvalue weighted by molar-refractivity contribution is 0.0592. The molecule has 0 amide bonds. The van der Waals surface area contributed by atoms with Crippen molar-refractivity contribution in [3.63, 3.8) is 0 Å². The van der Waals surface area contributed by atoms with Gasteiger partial charge in [-0.25, -0.2) is 9.48 Å². The fourth-order valence-electron chi connectivity index (χ4n) is 2.00. The third-order valence-electron chi connectivity index (χ3n) is 2.88. The lowest BCUT2D eigenvalue weighted by atomic mass is 10.1. The van der Waals surface area contributed by atoms with Crippen LogP contribution < -0.4 is 0 Å². The molecule has 0 radical (unpaired) electrons. The smallest absolute Gasteiger partial charge is 0.360 e. The number of esters is 1. The second-order valence-electron chi connectivity index (χ2n) is 4.72. The van der Waals surface area contributed by atoms with Crippen LogP contribution in [0.1, 0.15) is 41.5 Å². The molecule has 5 heteroatoms. The van der Waals surface area contributed by atoms with Crippen molar-refractivity contribution in [3.8, 4) is 5.69 Å². The van der Waals surface area contributed by atoms with E-state index in [4.69, 9.17) is 4.74 Å².